The highest BCUT2D eigenvalue weighted by atomic mass is 19.4. The summed E-state index contributed by atoms with van der Waals surface area (Å²) in [5.41, 5.74) is -2.56. The van der Waals surface area contributed by atoms with Gasteiger partial charge in [0.2, 0.25) is 0 Å². The molecule has 1 aliphatic rings. The molecule has 0 unspecified atom stereocenters. The average molecular weight is 313 g/mol. The minimum Gasteiger partial charge on any atom is -0.322 e. The van der Waals surface area contributed by atoms with Gasteiger partial charge < -0.3 is 4.90 Å². The van der Waals surface area contributed by atoms with E-state index >= 15 is 0 Å². The minimum absolute atomic E-state index is 0.186. The Morgan fingerprint density at radius 2 is 2.09 bits per heavy atom. The Kier molecular flexibility index (Phi) is 4.03. The summed E-state index contributed by atoms with van der Waals surface area (Å²) in [6.45, 7) is -0.262. The predicted octanol–water partition coefficient (Wildman–Crippen LogP) is 2.74. The maximum absolute atomic E-state index is 12.6. The molecule has 0 heterocycles. The smallest absolute Gasteiger partial charge is 0.322 e. The molecule has 0 radical (unpaired) electrons. The lowest BCUT2D eigenvalue weighted by Crippen LogP contribution is -2.34. The standard InChI is InChI=1S/C13H10F3N3O3/c14-13(15,16)8-1-4-10(11(7-8)19(21)22)12(20)18(6-5-17)9-2-3-9/h1,4,7,9H,2-3,6H2. The molecular formula is C13H10F3N3O3. The van der Waals surface area contributed by atoms with Gasteiger partial charge >= 0.3 is 6.18 Å². The topological polar surface area (TPSA) is 87.2 Å². The Morgan fingerprint density at radius 3 is 2.55 bits per heavy atom. The van der Waals surface area contributed by atoms with E-state index in [1.54, 1.807) is 6.07 Å². The molecule has 116 valence electrons. The number of nitro groups is 1. The van der Waals surface area contributed by atoms with Crippen LogP contribution in [0.5, 0.6) is 0 Å². The predicted molar refractivity (Wildman–Crippen MR) is 67.8 cm³/mol. The van der Waals surface area contributed by atoms with Crippen molar-refractivity contribution in [2.45, 2.75) is 25.1 Å². The molecule has 1 saturated carbocycles. The van der Waals surface area contributed by atoms with Crippen LogP contribution in [0.1, 0.15) is 28.8 Å². The molecule has 1 aromatic rings. The summed E-state index contributed by atoms with van der Waals surface area (Å²) in [5.74, 6) is -0.801. The van der Waals surface area contributed by atoms with E-state index < -0.39 is 33.8 Å². The van der Waals surface area contributed by atoms with E-state index in [-0.39, 0.29) is 12.6 Å². The van der Waals surface area contributed by atoms with E-state index in [0.29, 0.717) is 25.0 Å². The van der Waals surface area contributed by atoms with Gasteiger partial charge in [0.25, 0.3) is 11.6 Å². The van der Waals surface area contributed by atoms with Gasteiger partial charge in [0, 0.05) is 12.1 Å². The van der Waals surface area contributed by atoms with E-state index in [2.05, 4.69) is 0 Å². The van der Waals surface area contributed by atoms with Crippen molar-refractivity contribution < 1.29 is 22.9 Å². The third-order valence-corrected chi connectivity index (χ3v) is 3.24. The third kappa shape index (κ3) is 3.16. The van der Waals surface area contributed by atoms with Gasteiger partial charge in [0.15, 0.2) is 0 Å². The third-order valence-electron chi connectivity index (χ3n) is 3.24. The van der Waals surface area contributed by atoms with Crippen molar-refractivity contribution in [1.29, 1.82) is 5.26 Å². The maximum Gasteiger partial charge on any atom is 0.416 e. The van der Waals surface area contributed by atoms with Gasteiger partial charge in [0.05, 0.1) is 16.6 Å². The van der Waals surface area contributed by atoms with Crippen LogP contribution in [0.3, 0.4) is 0 Å². The van der Waals surface area contributed by atoms with E-state index in [1.807, 2.05) is 0 Å². The lowest BCUT2D eigenvalue weighted by molar-refractivity contribution is -0.385. The number of carbonyl (C=O) groups is 1. The quantitative estimate of drug-likeness (QED) is 0.486. The normalized spacial score (nSPS) is 14.3. The van der Waals surface area contributed by atoms with Crippen molar-refractivity contribution in [1.82, 2.24) is 4.90 Å². The van der Waals surface area contributed by atoms with Crippen LogP contribution >= 0.6 is 0 Å². The first kappa shape index (κ1) is 15.8. The van der Waals surface area contributed by atoms with Crippen molar-refractivity contribution in [3.05, 3.63) is 39.4 Å². The molecule has 1 aromatic carbocycles. The van der Waals surface area contributed by atoms with Crippen molar-refractivity contribution in [2.75, 3.05) is 6.54 Å². The number of nitro benzene ring substituents is 1. The summed E-state index contributed by atoms with van der Waals surface area (Å²) in [5, 5.41) is 19.7. The van der Waals surface area contributed by atoms with Gasteiger partial charge in [-0.2, -0.15) is 18.4 Å². The second-order valence-electron chi connectivity index (χ2n) is 4.81. The Morgan fingerprint density at radius 1 is 1.45 bits per heavy atom. The molecule has 0 atom stereocenters. The Balaban J connectivity index is 2.43. The van der Waals surface area contributed by atoms with Gasteiger partial charge in [-0.05, 0) is 25.0 Å². The zero-order chi connectivity index (χ0) is 16.5. The summed E-state index contributed by atoms with van der Waals surface area (Å²) in [7, 11) is 0. The number of amides is 1. The fourth-order valence-electron chi connectivity index (χ4n) is 2.02. The summed E-state index contributed by atoms with van der Waals surface area (Å²) in [6, 6.07) is 3.34. The number of nitriles is 1. The SMILES string of the molecule is N#CCN(C(=O)c1ccc(C(F)(F)F)cc1[N+](=O)[O-])C1CC1. The number of carbonyl (C=O) groups excluding carboxylic acids is 1. The van der Waals surface area contributed by atoms with Crippen molar-refractivity contribution >= 4 is 11.6 Å². The summed E-state index contributed by atoms with van der Waals surface area (Å²) in [6.07, 6.45) is -3.40. The van der Waals surface area contributed by atoms with E-state index in [9.17, 15) is 28.1 Å². The summed E-state index contributed by atoms with van der Waals surface area (Å²) in [4.78, 5) is 23.4. The van der Waals surface area contributed by atoms with Gasteiger partial charge in [-0.15, -0.1) is 0 Å². The number of halogens is 3. The number of hydrogen-bond donors (Lipinski definition) is 0. The molecule has 1 amide bonds. The number of benzene rings is 1. The van der Waals surface area contributed by atoms with Crippen LogP contribution in [0, 0.1) is 21.4 Å². The van der Waals surface area contributed by atoms with E-state index in [4.69, 9.17) is 5.26 Å². The number of hydrogen-bond acceptors (Lipinski definition) is 4. The molecule has 0 saturated heterocycles. The maximum atomic E-state index is 12.6. The Labute approximate surface area is 122 Å². The number of alkyl halides is 3. The number of rotatable bonds is 4. The molecule has 6 nitrogen and oxygen atoms in total. The van der Waals surface area contributed by atoms with Gasteiger partial charge in [-0.3, -0.25) is 14.9 Å². The molecule has 2 rings (SSSR count). The van der Waals surface area contributed by atoms with Crippen LogP contribution in [0.25, 0.3) is 0 Å². The van der Waals surface area contributed by atoms with Gasteiger partial charge in [0.1, 0.15) is 12.1 Å². The zero-order valence-corrected chi connectivity index (χ0v) is 11.1. The highest BCUT2D eigenvalue weighted by Crippen LogP contribution is 2.35. The highest BCUT2D eigenvalue weighted by molar-refractivity contribution is 5.98. The Hall–Kier alpha value is -2.63. The lowest BCUT2D eigenvalue weighted by Gasteiger charge is -2.19. The van der Waals surface area contributed by atoms with E-state index in [1.165, 1.54) is 0 Å². The lowest BCUT2D eigenvalue weighted by atomic mass is 10.1. The van der Waals surface area contributed by atoms with Crippen LogP contribution in [0.15, 0.2) is 18.2 Å². The fourth-order valence-corrected chi connectivity index (χ4v) is 2.02. The molecule has 1 aliphatic carbocycles. The first-order chi connectivity index (χ1) is 10.3. The number of nitrogens with zero attached hydrogens (tertiary/aromatic N) is 3. The molecule has 22 heavy (non-hydrogen) atoms. The molecule has 0 aromatic heterocycles. The first-order valence-electron chi connectivity index (χ1n) is 6.29. The molecular weight excluding hydrogens is 303 g/mol. The Bertz CT molecular complexity index is 663. The van der Waals surface area contributed by atoms with Crippen molar-refractivity contribution in [2.24, 2.45) is 0 Å². The van der Waals surface area contributed by atoms with Crippen LogP contribution < -0.4 is 0 Å². The van der Waals surface area contributed by atoms with Gasteiger partial charge in [-0.25, -0.2) is 0 Å². The molecule has 0 aliphatic heterocycles. The van der Waals surface area contributed by atoms with Crippen LogP contribution in [0.2, 0.25) is 0 Å². The molecule has 1 fully saturated rings. The highest BCUT2D eigenvalue weighted by Gasteiger charge is 2.38. The molecule has 0 spiro atoms. The second kappa shape index (κ2) is 5.63. The molecule has 0 N–H and O–H groups in total. The molecule has 9 heteroatoms. The molecule has 0 bridgehead atoms. The monoisotopic (exact) mass is 313 g/mol. The largest absolute Gasteiger partial charge is 0.416 e. The van der Waals surface area contributed by atoms with Crippen LogP contribution in [0.4, 0.5) is 18.9 Å². The second-order valence-corrected chi connectivity index (χ2v) is 4.81. The summed E-state index contributed by atoms with van der Waals surface area (Å²) < 4.78 is 37.9. The van der Waals surface area contributed by atoms with Crippen LogP contribution in [-0.2, 0) is 6.18 Å². The minimum atomic E-state index is -4.74. The van der Waals surface area contributed by atoms with Crippen molar-refractivity contribution in [3.8, 4) is 6.07 Å². The average Bonchev–Trinajstić information content (AvgIpc) is 3.26. The zero-order valence-electron chi connectivity index (χ0n) is 11.1. The van der Waals surface area contributed by atoms with Crippen LogP contribution in [-0.4, -0.2) is 28.3 Å². The van der Waals surface area contributed by atoms with E-state index in [0.717, 1.165) is 11.0 Å². The van der Waals surface area contributed by atoms with Crippen molar-refractivity contribution in [3.63, 3.8) is 0 Å². The fraction of sp³-hybridized carbons (Fsp3) is 0.385. The summed E-state index contributed by atoms with van der Waals surface area (Å²) >= 11 is 0. The van der Waals surface area contributed by atoms with Gasteiger partial charge in [-0.1, -0.05) is 0 Å². The first-order valence-corrected chi connectivity index (χ1v) is 6.29.